The lowest BCUT2D eigenvalue weighted by molar-refractivity contribution is -0.143. The smallest absolute Gasteiger partial charge is 0.237 e. The van der Waals surface area contributed by atoms with Crippen LogP contribution in [0.3, 0.4) is 0 Å². The van der Waals surface area contributed by atoms with Gasteiger partial charge >= 0.3 is 0 Å². The highest BCUT2D eigenvalue weighted by molar-refractivity contribution is 5.85. The van der Waals surface area contributed by atoms with E-state index in [-0.39, 0.29) is 30.3 Å². The van der Waals surface area contributed by atoms with E-state index in [0.717, 1.165) is 38.3 Å². The number of fused-ring (bicyclic) bond motifs is 2. The van der Waals surface area contributed by atoms with E-state index in [4.69, 9.17) is 5.73 Å². The minimum atomic E-state index is -0.389. The Kier molecular flexibility index (Phi) is 3.96. The molecule has 1 saturated heterocycles. The quantitative estimate of drug-likeness (QED) is 0.786. The van der Waals surface area contributed by atoms with Gasteiger partial charge in [0.05, 0.1) is 6.54 Å². The molecule has 3 rings (SSSR count). The first-order chi connectivity index (χ1) is 9.65. The lowest BCUT2D eigenvalue weighted by atomic mass is 9.87. The first-order valence-corrected chi connectivity index (χ1v) is 7.94. The third-order valence-corrected chi connectivity index (χ3v) is 5.41. The van der Waals surface area contributed by atoms with Gasteiger partial charge in [-0.1, -0.05) is 6.42 Å². The molecule has 2 bridgehead atoms. The van der Waals surface area contributed by atoms with Crippen molar-refractivity contribution in [3.05, 3.63) is 0 Å². The molecule has 3 unspecified atom stereocenters. The van der Waals surface area contributed by atoms with Crippen molar-refractivity contribution >= 4 is 11.8 Å². The molecule has 0 radical (unpaired) electrons. The van der Waals surface area contributed by atoms with Gasteiger partial charge in [0.2, 0.25) is 11.8 Å². The van der Waals surface area contributed by atoms with E-state index in [1.165, 1.54) is 19.3 Å². The largest absolute Gasteiger partial charge is 0.368 e. The van der Waals surface area contributed by atoms with Gasteiger partial charge in [-0.2, -0.15) is 0 Å². The lowest BCUT2D eigenvalue weighted by Crippen LogP contribution is -2.51. The molecule has 0 aromatic rings. The van der Waals surface area contributed by atoms with Crippen LogP contribution in [0.25, 0.3) is 0 Å². The maximum atomic E-state index is 12.9. The van der Waals surface area contributed by atoms with Crippen LogP contribution >= 0.6 is 0 Å². The topological polar surface area (TPSA) is 75.4 Å². The number of nitrogens with two attached hydrogens (primary N) is 1. The molecule has 2 saturated carbocycles. The van der Waals surface area contributed by atoms with Gasteiger partial charge < -0.3 is 16.0 Å². The van der Waals surface area contributed by atoms with Crippen molar-refractivity contribution in [1.29, 1.82) is 0 Å². The Morgan fingerprint density at radius 1 is 1.10 bits per heavy atom. The van der Waals surface area contributed by atoms with Crippen LogP contribution in [0.1, 0.15) is 38.5 Å². The fourth-order valence-electron chi connectivity index (χ4n) is 4.43. The maximum absolute atomic E-state index is 12.9. The van der Waals surface area contributed by atoms with Crippen molar-refractivity contribution < 1.29 is 9.59 Å². The molecule has 2 amide bonds. The Morgan fingerprint density at radius 2 is 1.85 bits per heavy atom. The normalized spacial score (nSPS) is 33.3. The van der Waals surface area contributed by atoms with Crippen LogP contribution in [0.4, 0.5) is 0 Å². The van der Waals surface area contributed by atoms with Gasteiger partial charge in [-0.3, -0.25) is 9.59 Å². The third-order valence-electron chi connectivity index (χ3n) is 5.41. The van der Waals surface area contributed by atoms with Crippen LogP contribution in [0.15, 0.2) is 0 Å². The number of hydrogen-bond acceptors (Lipinski definition) is 3. The molecular weight excluding hydrogens is 254 g/mol. The number of primary amides is 1. The second-order valence-corrected chi connectivity index (χ2v) is 6.69. The standard InChI is InChI=1S/C15H25N3O2/c16-14(19)9-18(12-3-5-17-6-4-12)15(20)13-8-10-1-2-11(13)7-10/h10-13,17H,1-9H2,(H2,16,19). The molecule has 0 aromatic heterocycles. The van der Waals surface area contributed by atoms with Crippen molar-refractivity contribution in [3.63, 3.8) is 0 Å². The van der Waals surface area contributed by atoms with Gasteiger partial charge in [0.15, 0.2) is 0 Å². The van der Waals surface area contributed by atoms with Gasteiger partial charge in [-0.25, -0.2) is 0 Å². The average Bonchev–Trinajstić information content (AvgIpc) is 3.07. The minimum absolute atomic E-state index is 0.0946. The monoisotopic (exact) mass is 279 g/mol. The molecule has 1 aliphatic heterocycles. The summed E-state index contributed by atoms with van der Waals surface area (Å²) >= 11 is 0. The highest BCUT2D eigenvalue weighted by atomic mass is 16.2. The van der Waals surface area contributed by atoms with Crippen molar-refractivity contribution in [3.8, 4) is 0 Å². The van der Waals surface area contributed by atoms with Crippen LogP contribution in [-0.2, 0) is 9.59 Å². The Bertz CT molecular complexity index is 393. The summed E-state index contributed by atoms with van der Waals surface area (Å²) in [5, 5.41) is 3.30. The van der Waals surface area contributed by atoms with Crippen molar-refractivity contribution in [2.45, 2.75) is 44.6 Å². The second-order valence-electron chi connectivity index (χ2n) is 6.69. The van der Waals surface area contributed by atoms with E-state index in [0.29, 0.717) is 5.92 Å². The molecule has 3 atom stereocenters. The van der Waals surface area contributed by atoms with Crippen molar-refractivity contribution in [2.24, 2.45) is 23.5 Å². The Labute approximate surface area is 120 Å². The lowest BCUT2D eigenvalue weighted by Gasteiger charge is -2.37. The number of amides is 2. The number of nitrogens with one attached hydrogen (secondary N) is 1. The zero-order chi connectivity index (χ0) is 14.1. The molecular formula is C15H25N3O2. The molecule has 0 spiro atoms. The van der Waals surface area contributed by atoms with Gasteiger partial charge in [0.1, 0.15) is 0 Å². The molecule has 20 heavy (non-hydrogen) atoms. The molecule has 5 nitrogen and oxygen atoms in total. The van der Waals surface area contributed by atoms with Crippen molar-refractivity contribution in [1.82, 2.24) is 10.2 Å². The number of rotatable bonds is 4. The molecule has 2 aliphatic carbocycles. The van der Waals surface area contributed by atoms with E-state index in [1.807, 2.05) is 0 Å². The summed E-state index contributed by atoms with van der Waals surface area (Å²) < 4.78 is 0. The first kappa shape index (κ1) is 13.9. The number of carbonyl (C=O) groups is 2. The summed E-state index contributed by atoms with van der Waals surface area (Å²) in [6.07, 6.45) is 6.59. The maximum Gasteiger partial charge on any atom is 0.237 e. The molecule has 112 valence electrons. The van der Waals surface area contributed by atoms with Crippen molar-refractivity contribution in [2.75, 3.05) is 19.6 Å². The molecule has 1 heterocycles. The van der Waals surface area contributed by atoms with Crippen LogP contribution in [0.2, 0.25) is 0 Å². The summed E-state index contributed by atoms with van der Waals surface area (Å²) in [5.74, 6) is 1.27. The molecule has 3 fully saturated rings. The Morgan fingerprint density at radius 3 is 2.40 bits per heavy atom. The molecule has 0 aromatic carbocycles. The minimum Gasteiger partial charge on any atom is -0.368 e. The second kappa shape index (κ2) is 5.72. The Hall–Kier alpha value is -1.10. The third kappa shape index (κ3) is 2.68. The van der Waals surface area contributed by atoms with Gasteiger partial charge in [0.25, 0.3) is 0 Å². The van der Waals surface area contributed by atoms with E-state index in [1.54, 1.807) is 4.90 Å². The first-order valence-electron chi connectivity index (χ1n) is 7.94. The zero-order valence-corrected chi connectivity index (χ0v) is 12.0. The fraction of sp³-hybridized carbons (Fsp3) is 0.867. The van der Waals surface area contributed by atoms with Crippen LogP contribution in [0.5, 0.6) is 0 Å². The zero-order valence-electron chi connectivity index (χ0n) is 12.0. The van der Waals surface area contributed by atoms with E-state index >= 15 is 0 Å². The number of hydrogen-bond donors (Lipinski definition) is 2. The highest BCUT2D eigenvalue weighted by Gasteiger charge is 2.45. The average molecular weight is 279 g/mol. The van der Waals surface area contributed by atoms with Gasteiger partial charge in [0, 0.05) is 12.0 Å². The van der Waals surface area contributed by atoms with Crippen LogP contribution < -0.4 is 11.1 Å². The number of carbonyl (C=O) groups excluding carboxylic acids is 2. The molecule has 3 N–H and O–H groups in total. The van der Waals surface area contributed by atoms with Gasteiger partial charge in [-0.05, 0) is 57.0 Å². The van der Waals surface area contributed by atoms with E-state index < -0.39 is 0 Å². The highest BCUT2D eigenvalue weighted by Crippen LogP contribution is 2.49. The van der Waals surface area contributed by atoms with Gasteiger partial charge in [-0.15, -0.1) is 0 Å². The summed E-state index contributed by atoms with van der Waals surface area (Å²) in [6, 6.07) is 0.190. The summed E-state index contributed by atoms with van der Waals surface area (Å²) in [4.78, 5) is 26.0. The number of piperidine rings is 1. The SMILES string of the molecule is NC(=O)CN(C(=O)C1CC2CCC1C2)C1CCNCC1. The summed E-state index contributed by atoms with van der Waals surface area (Å²) in [6.45, 7) is 1.94. The summed E-state index contributed by atoms with van der Waals surface area (Å²) in [5.41, 5.74) is 5.36. The molecule has 3 aliphatic rings. The number of nitrogens with zero attached hydrogens (tertiary/aromatic N) is 1. The fourth-order valence-corrected chi connectivity index (χ4v) is 4.43. The van der Waals surface area contributed by atoms with E-state index in [9.17, 15) is 9.59 Å². The summed E-state index contributed by atoms with van der Waals surface area (Å²) in [7, 11) is 0. The Balaban J connectivity index is 1.70. The van der Waals surface area contributed by atoms with Crippen LogP contribution in [-0.4, -0.2) is 42.4 Å². The van der Waals surface area contributed by atoms with E-state index in [2.05, 4.69) is 5.32 Å². The predicted molar refractivity (Wildman–Crippen MR) is 75.7 cm³/mol. The van der Waals surface area contributed by atoms with Crippen LogP contribution in [0, 0.1) is 17.8 Å². The predicted octanol–water partition coefficient (Wildman–Crippen LogP) is 0.488. The molecule has 5 heteroatoms.